The third kappa shape index (κ3) is 2.28. The first-order valence-corrected chi connectivity index (χ1v) is 4.13. The molecule has 0 spiro atoms. The Morgan fingerprint density at radius 2 is 2.07 bits per heavy atom. The fourth-order valence-corrected chi connectivity index (χ4v) is 1.11. The van der Waals surface area contributed by atoms with Gasteiger partial charge in [0.15, 0.2) is 6.04 Å². The number of nitrogens with one attached hydrogen (secondary N) is 1. The molecule has 1 N–H and O–H groups in total. The van der Waals surface area contributed by atoms with E-state index < -0.39 is 6.04 Å². The molecule has 0 radical (unpaired) electrons. The van der Waals surface area contributed by atoms with Crippen molar-refractivity contribution in [3.05, 3.63) is 35.9 Å². The Kier molecular flexibility index (Phi) is 3.58. The summed E-state index contributed by atoms with van der Waals surface area (Å²) in [7, 11) is 1.50. The van der Waals surface area contributed by atoms with Gasteiger partial charge in [0.1, 0.15) is 0 Å². The van der Waals surface area contributed by atoms with E-state index in [0.717, 1.165) is 0 Å². The van der Waals surface area contributed by atoms with Gasteiger partial charge in [-0.15, -0.1) is 0 Å². The van der Waals surface area contributed by atoms with E-state index in [1.54, 1.807) is 24.3 Å². The summed E-state index contributed by atoms with van der Waals surface area (Å²) >= 11 is 0. The molecule has 0 aliphatic rings. The molecule has 0 unspecified atom stereocenters. The lowest BCUT2D eigenvalue weighted by Crippen LogP contribution is -2.24. The van der Waals surface area contributed by atoms with Crippen LogP contribution < -0.4 is 5.32 Å². The van der Waals surface area contributed by atoms with Crippen molar-refractivity contribution in [2.24, 2.45) is 4.99 Å². The maximum Gasteiger partial charge on any atom is 0.250 e. The molecule has 0 fully saturated rings. The third-order valence-electron chi connectivity index (χ3n) is 1.79. The van der Waals surface area contributed by atoms with Crippen LogP contribution in [0.15, 0.2) is 35.3 Å². The number of hydrogen-bond acceptors (Lipinski definition) is 3. The van der Waals surface area contributed by atoms with Crippen LogP contribution in [-0.2, 0) is 9.59 Å². The third-order valence-corrected chi connectivity index (χ3v) is 1.79. The number of carbonyl (C=O) groups excluding carboxylic acids is 2. The molecule has 0 saturated heterocycles. The summed E-state index contributed by atoms with van der Waals surface area (Å²) in [5.74, 6) is -0.320. The standard InChI is InChI=1S/C10H10N2O2/c1-11-10(14)9(12-7-13)8-5-3-2-4-6-8/h2-6,9H,1H3,(H,11,14)/t9-/m0/s1. The van der Waals surface area contributed by atoms with Crippen molar-refractivity contribution in [2.45, 2.75) is 6.04 Å². The lowest BCUT2D eigenvalue weighted by Gasteiger charge is -2.08. The van der Waals surface area contributed by atoms with E-state index in [4.69, 9.17) is 0 Å². The highest BCUT2D eigenvalue weighted by molar-refractivity contribution is 5.83. The Morgan fingerprint density at radius 3 is 2.57 bits per heavy atom. The summed E-state index contributed by atoms with van der Waals surface area (Å²) in [4.78, 5) is 24.9. The van der Waals surface area contributed by atoms with E-state index in [-0.39, 0.29) is 5.91 Å². The molecule has 1 aromatic carbocycles. The summed E-state index contributed by atoms with van der Waals surface area (Å²) in [6.45, 7) is 0. The van der Waals surface area contributed by atoms with Gasteiger partial charge in [0, 0.05) is 7.05 Å². The van der Waals surface area contributed by atoms with E-state index in [1.165, 1.54) is 13.1 Å². The SMILES string of the molecule is CNC(=O)[C@@H](N=C=O)c1ccccc1. The van der Waals surface area contributed by atoms with Gasteiger partial charge in [-0.25, -0.2) is 4.79 Å². The Labute approximate surface area is 81.7 Å². The molecule has 4 heteroatoms. The molecular formula is C10H10N2O2. The highest BCUT2D eigenvalue weighted by Crippen LogP contribution is 2.15. The molecule has 72 valence electrons. The van der Waals surface area contributed by atoms with Crippen molar-refractivity contribution < 1.29 is 9.59 Å². The van der Waals surface area contributed by atoms with E-state index in [9.17, 15) is 9.59 Å². The molecule has 0 aliphatic heterocycles. The zero-order valence-electron chi connectivity index (χ0n) is 7.73. The Balaban J connectivity index is 3.00. The van der Waals surface area contributed by atoms with Crippen molar-refractivity contribution in [3.63, 3.8) is 0 Å². The first kappa shape index (κ1) is 10.2. The van der Waals surface area contributed by atoms with Crippen LogP contribution in [0.1, 0.15) is 11.6 Å². The van der Waals surface area contributed by atoms with Crippen molar-refractivity contribution in [3.8, 4) is 0 Å². The van der Waals surface area contributed by atoms with Gasteiger partial charge in [-0.3, -0.25) is 4.79 Å². The van der Waals surface area contributed by atoms with Crippen LogP contribution in [-0.4, -0.2) is 19.0 Å². The highest BCUT2D eigenvalue weighted by atomic mass is 16.2. The number of rotatable bonds is 3. The van der Waals surface area contributed by atoms with E-state index >= 15 is 0 Å². The van der Waals surface area contributed by atoms with Crippen LogP contribution in [0.25, 0.3) is 0 Å². The lowest BCUT2D eigenvalue weighted by molar-refractivity contribution is -0.121. The van der Waals surface area contributed by atoms with Gasteiger partial charge in [-0.2, -0.15) is 4.99 Å². The molecule has 0 aliphatic carbocycles. The minimum Gasteiger partial charge on any atom is -0.357 e. The van der Waals surface area contributed by atoms with Crippen molar-refractivity contribution >= 4 is 12.0 Å². The van der Waals surface area contributed by atoms with Gasteiger partial charge in [0.05, 0.1) is 0 Å². The average Bonchev–Trinajstić information content (AvgIpc) is 2.26. The smallest absolute Gasteiger partial charge is 0.250 e. The van der Waals surface area contributed by atoms with Gasteiger partial charge < -0.3 is 5.32 Å². The van der Waals surface area contributed by atoms with E-state index in [2.05, 4.69) is 10.3 Å². The predicted octanol–water partition coefficient (Wildman–Crippen LogP) is 0.809. The minimum atomic E-state index is -0.793. The van der Waals surface area contributed by atoms with Crippen LogP contribution in [0.5, 0.6) is 0 Å². The fourth-order valence-electron chi connectivity index (χ4n) is 1.11. The van der Waals surface area contributed by atoms with Crippen LogP contribution >= 0.6 is 0 Å². The Hall–Kier alpha value is -1.93. The van der Waals surface area contributed by atoms with Gasteiger partial charge in [-0.1, -0.05) is 30.3 Å². The first-order chi connectivity index (χ1) is 6.79. The average molecular weight is 190 g/mol. The number of aliphatic imine (C=N–C) groups is 1. The van der Waals surface area contributed by atoms with Crippen LogP contribution in [0.4, 0.5) is 0 Å². The molecule has 0 aromatic heterocycles. The van der Waals surface area contributed by atoms with Gasteiger partial charge in [-0.05, 0) is 5.56 Å². The second-order valence-corrected chi connectivity index (χ2v) is 2.65. The molecule has 1 amide bonds. The number of hydrogen-bond donors (Lipinski definition) is 1. The zero-order valence-corrected chi connectivity index (χ0v) is 7.73. The second kappa shape index (κ2) is 4.94. The Morgan fingerprint density at radius 1 is 1.43 bits per heavy atom. The van der Waals surface area contributed by atoms with Crippen LogP contribution in [0.3, 0.4) is 0 Å². The number of carbonyl (C=O) groups is 1. The predicted molar refractivity (Wildman–Crippen MR) is 51.4 cm³/mol. The first-order valence-electron chi connectivity index (χ1n) is 4.13. The Bertz CT molecular complexity index is 356. The number of amides is 1. The summed E-state index contributed by atoms with van der Waals surface area (Å²) < 4.78 is 0. The zero-order chi connectivity index (χ0) is 10.4. The van der Waals surface area contributed by atoms with E-state index in [0.29, 0.717) is 5.56 Å². The molecule has 14 heavy (non-hydrogen) atoms. The van der Waals surface area contributed by atoms with Gasteiger partial charge in [0.2, 0.25) is 12.0 Å². The molecule has 1 atom stereocenters. The van der Waals surface area contributed by atoms with Crippen LogP contribution in [0, 0.1) is 0 Å². The minimum absolute atomic E-state index is 0.320. The van der Waals surface area contributed by atoms with E-state index in [1.807, 2.05) is 6.07 Å². The largest absolute Gasteiger partial charge is 0.357 e. The number of benzene rings is 1. The lowest BCUT2D eigenvalue weighted by atomic mass is 10.1. The normalized spacial score (nSPS) is 11.2. The molecule has 4 nitrogen and oxygen atoms in total. The molecule has 0 saturated carbocycles. The summed E-state index contributed by atoms with van der Waals surface area (Å²) in [6.07, 6.45) is 1.40. The van der Waals surface area contributed by atoms with Crippen molar-refractivity contribution in [1.29, 1.82) is 0 Å². The van der Waals surface area contributed by atoms with Crippen molar-refractivity contribution in [1.82, 2.24) is 5.32 Å². The maximum absolute atomic E-state index is 11.3. The maximum atomic E-state index is 11.3. The van der Waals surface area contributed by atoms with Gasteiger partial charge in [0.25, 0.3) is 0 Å². The molecular weight excluding hydrogens is 180 g/mol. The summed E-state index contributed by atoms with van der Waals surface area (Å²) in [6, 6.07) is 8.08. The second-order valence-electron chi connectivity index (χ2n) is 2.65. The topological polar surface area (TPSA) is 58.5 Å². The number of nitrogens with zero attached hydrogens (tertiary/aromatic N) is 1. The van der Waals surface area contributed by atoms with Gasteiger partial charge >= 0.3 is 0 Å². The van der Waals surface area contributed by atoms with Crippen molar-refractivity contribution in [2.75, 3.05) is 7.05 Å². The summed E-state index contributed by atoms with van der Waals surface area (Å²) in [5.41, 5.74) is 0.676. The monoisotopic (exact) mass is 190 g/mol. The quantitative estimate of drug-likeness (QED) is 0.566. The molecule has 0 heterocycles. The number of isocyanates is 1. The summed E-state index contributed by atoms with van der Waals surface area (Å²) in [5, 5.41) is 2.44. The molecule has 1 aromatic rings. The highest BCUT2D eigenvalue weighted by Gasteiger charge is 2.17. The fraction of sp³-hybridized carbons (Fsp3) is 0.200. The molecule has 1 rings (SSSR count). The number of likely N-dealkylation sites (N-methyl/N-ethyl adjacent to an activating group) is 1. The molecule has 0 bridgehead atoms. The van der Waals surface area contributed by atoms with Crippen LogP contribution in [0.2, 0.25) is 0 Å².